The van der Waals surface area contributed by atoms with Crippen molar-refractivity contribution in [1.29, 1.82) is 0 Å². The Bertz CT molecular complexity index is 951. The summed E-state index contributed by atoms with van der Waals surface area (Å²) in [5, 5.41) is 1.03. The molecule has 0 spiro atoms. The molecule has 112 valence electrons. The number of aromatic nitrogens is 3. The highest BCUT2D eigenvalue weighted by atomic mass is 32.1. The Kier molecular flexibility index (Phi) is 3.39. The molecule has 4 rings (SSSR count). The quantitative estimate of drug-likeness (QED) is 0.520. The van der Waals surface area contributed by atoms with E-state index in [0.29, 0.717) is 0 Å². The normalized spacial score (nSPS) is 11.0. The average molecular weight is 317 g/mol. The highest BCUT2D eigenvalue weighted by molar-refractivity contribution is 7.21. The zero-order chi connectivity index (χ0) is 15.8. The van der Waals surface area contributed by atoms with Crippen LogP contribution in [0.5, 0.6) is 0 Å². The molecule has 0 fully saturated rings. The van der Waals surface area contributed by atoms with E-state index in [2.05, 4.69) is 28.2 Å². The molecule has 0 aliphatic rings. The minimum atomic E-state index is 0.769. The monoisotopic (exact) mass is 317 g/mol. The fraction of sp³-hybridized carbons (Fsp3) is 0.105. The van der Waals surface area contributed by atoms with Crippen molar-refractivity contribution >= 4 is 21.6 Å². The number of rotatable bonds is 2. The zero-order valence-electron chi connectivity index (χ0n) is 12.9. The molecule has 0 N–H and O–H groups in total. The average Bonchev–Trinajstić information content (AvgIpc) is 2.98. The van der Waals surface area contributed by atoms with Crippen LogP contribution < -0.4 is 0 Å². The van der Waals surface area contributed by atoms with Crippen LogP contribution >= 0.6 is 11.3 Å². The largest absolute Gasteiger partial charge is 0.236 e. The second-order valence-electron chi connectivity index (χ2n) is 5.54. The lowest BCUT2D eigenvalue weighted by Gasteiger charge is -2.05. The third-order valence-electron chi connectivity index (χ3n) is 3.64. The van der Waals surface area contributed by atoms with E-state index in [1.165, 1.54) is 4.70 Å². The Hall–Kier alpha value is -2.59. The molecule has 4 aromatic rings. The van der Waals surface area contributed by atoms with Crippen molar-refractivity contribution in [2.24, 2.45) is 0 Å². The van der Waals surface area contributed by atoms with E-state index < -0.39 is 0 Å². The second-order valence-corrected chi connectivity index (χ2v) is 6.57. The smallest absolute Gasteiger partial charge is 0.159 e. The Morgan fingerprint density at radius 2 is 1.48 bits per heavy atom. The third kappa shape index (κ3) is 2.73. The molecule has 0 radical (unpaired) electrons. The predicted octanol–water partition coefficient (Wildman–Crippen LogP) is 5.04. The molecule has 2 aromatic heterocycles. The Balaban J connectivity index is 1.82. The van der Waals surface area contributed by atoms with Gasteiger partial charge in [0.15, 0.2) is 5.82 Å². The molecular weight excluding hydrogens is 302 g/mol. The minimum Gasteiger partial charge on any atom is -0.236 e. The summed E-state index contributed by atoms with van der Waals surface area (Å²) in [7, 11) is 0. The molecule has 0 saturated heterocycles. The Morgan fingerprint density at radius 1 is 0.739 bits per heavy atom. The van der Waals surface area contributed by atoms with E-state index in [4.69, 9.17) is 4.98 Å². The van der Waals surface area contributed by atoms with Crippen LogP contribution in [-0.4, -0.2) is 15.0 Å². The molecular formula is C19H15N3S. The van der Waals surface area contributed by atoms with Gasteiger partial charge in [0, 0.05) is 22.5 Å². The summed E-state index contributed by atoms with van der Waals surface area (Å²) >= 11 is 1.71. The van der Waals surface area contributed by atoms with Crippen molar-refractivity contribution in [1.82, 2.24) is 15.0 Å². The van der Waals surface area contributed by atoms with Crippen molar-refractivity contribution in [3.8, 4) is 22.0 Å². The number of hydrogen-bond donors (Lipinski definition) is 0. The summed E-state index contributed by atoms with van der Waals surface area (Å²) in [6, 6.07) is 18.5. The fourth-order valence-corrected chi connectivity index (χ4v) is 3.60. The summed E-state index contributed by atoms with van der Waals surface area (Å²) in [6.07, 6.45) is 0. The van der Waals surface area contributed by atoms with Crippen LogP contribution in [-0.2, 0) is 0 Å². The number of aryl methyl sites for hydroxylation is 2. The first kappa shape index (κ1) is 14.0. The maximum absolute atomic E-state index is 4.73. The van der Waals surface area contributed by atoms with Gasteiger partial charge in [0.05, 0.1) is 10.2 Å². The standard InChI is InChI=1S/C19H15N3S/c1-12-10-13(2)21-18(20-12)14-6-5-7-15(11-14)19-22-16-8-3-4-9-17(16)23-19/h3-11H,1-2H3. The molecule has 0 saturated carbocycles. The van der Waals surface area contributed by atoms with Gasteiger partial charge >= 0.3 is 0 Å². The lowest BCUT2D eigenvalue weighted by Crippen LogP contribution is -1.94. The molecule has 0 unspecified atom stereocenters. The highest BCUT2D eigenvalue weighted by Gasteiger charge is 2.09. The molecule has 2 heterocycles. The Morgan fingerprint density at radius 3 is 2.26 bits per heavy atom. The number of nitrogens with zero attached hydrogens (tertiary/aromatic N) is 3. The first-order chi connectivity index (χ1) is 11.2. The van der Waals surface area contributed by atoms with Gasteiger partial charge in [-0.2, -0.15) is 0 Å². The van der Waals surface area contributed by atoms with Gasteiger partial charge in [-0.05, 0) is 38.1 Å². The summed E-state index contributed by atoms with van der Waals surface area (Å²) in [4.78, 5) is 13.8. The van der Waals surface area contributed by atoms with Gasteiger partial charge in [-0.15, -0.1) is 11.3 Å². The molecule has 2 aromatic carbocycles. The molecule has 0 bridgehead atoms. The first-order valence-electron chi connectivity index (χ1n) is 7.48. The number of para-hydroxylation sites is 1. The molecule has 0 amide bonds. The lowest BCUT2D eigenvalue weighted by molar-refractivity contribution is 1.06. The van der Waals surface area contributed by atoms with E-state index in [1.54, 1.807) is 11.3 Å². The predicted molar refractivity (Wildman–Crippen MR) is 95.6 cm³/mol. The maximum Gasteiger partial charge on any atom is 0.159 e. The number of benzene rings is 2. The maximum atomic E-state index is 4.73. The van der Waals surface area contributed by atoms with Gasteiger partial charge in [0.25, 0.3) is 0 Å². The molecule has 0 aliphatic carbocycles. The second kappa shape index (κ2) is 5.56. The molecule has 3 nitrogen and oxygen atoms in total. The van der Waals surface area contributed by atoms with E-state index in [9.17, 15) is 0 Å². The van der Waals surface area contributed by atoms with Crippen molar-refractivity contribution in [3.63, 3.8) is 0 Å². The van der Waals surface area contributed by atoms with Gasteiger partial charge in [0.1, 0.15) is 5.01 Å². The summed E-state index contributed by atoms with van der Waals surface area (Å²) in [5.41, 5.74) is 5.14. The third-order valence-corrected chi connectivity index (χ3v) is 4.73. The van der Waals surface area contributed by atoms with Crippen LogP contribution in [0.2, 0.25) is 0 Å². The minimum absolute atomic E-state index is 0.769. The van der Waals surface area contributed by atoms with Crippen LogP contribution in [0.15, 0.2) is 54.6 Å². The number of fused-ring (bicyclic) bond motifs is 1. The summed E-state index contributed by atoms with van der Waals surface area (Å²) in [5.74, 6) is 0.769. The summed E-state index contributed by atoms with van der Waals surface area (Å²) in [6.45, 7) is 3.99. The van der Waals surface area contributed by atoms with E-state index in [-0.39, 0.29) is 0 Å². The number of hydrogen-bond acceptors (Lipinski definition) is 4. The van der Waals surface area contributed by atoms with Crippen LogP contribution in [0.3, 0.4) is 0 Å². The fourth-order valence-electron chi connectivity index (χ4n) is 2.64. The van der Waals surface area contributed by atoms with E-state index in [0.717, 1.165) is 38.9 Å². The van der Waals surface area contributed by atoms with Crippen molar-refractivity contribution in [3.05, 3.63) is 66.0 Å². The van der Waals surface area contributed by atoms with Crippen LogP contribution in [0, 0.1) is 13.8 Å². The topological polar surface area (TPSA) is 38.7 Å². The van der Waals surface area contributed by atoms with Crippen LogP contribution in [0.25, 0.3) is 32.2 Å². The van der Waals surface area contributed by atoms with Gasteiger partial charge < -0.3 is 0 Å². The molecule has 23 heavy (non-hydrogen) atoms. The van der Waals surface area contributed by atoms with Gasteiger partial charge in [0.2, 0.25) is 0 Å². The first-order valence-corrected chi connectivity index (χ1v) is 8.29. The van der Waals surface area contributed by atoms with Crippen LogP contribution in [0.4, 0.5) is 0 Å². The van der Waals surface area contributed by atoms with Gasteiger partial charge in [-0.1, -0.05) is 30.3 Å². The van der Waals surface area contributed by atoms with Gasteiger partial charge in [-0.25, -0.2) is 15.0 Å². The van der Waals surface area contributed by atoms with E-state index in [1.807, 2.05) is 50.2 Å². The molecule has 0 atom stereocenters. The highest BCUT2D eigenvalue weighted by Crippen LogP contribution is 2.31. The van der Waals surface area contributed by atoms with Crippen molar-refractivity contribution < 1.29 is 0 Å². The molecule has 4 heteroatoms. The van der Waals surface area contributed by atoms with Crippen molar-refractivity contribution in [2.75, 3.05) is 0 Å². The lowest BCUT2D eigenvalue weighted by atomic mass is 10.1. The summed E-state index contributed by atoms with van der Waals surface area (Å²) < 4.78 is 1.20. The SMILES string of the molecule is Cc1cc(C)nc(-c2cccc(-c3nc4ccccc4s3)c2)n1. The van der Waals surface area contributed by atoms with Crippen LogP contribution in [0.1, 0.15) is 11.4 Å². The van der Waals surface area contributed by atoms with E-state index >= 15 is 0 Å². The number of thiazole rings is 1. The zero-order valence-corrected chi connectivity index (χ0v) is 13.8. The Labute approximate surface area is 138 Å². The molecule has 0 aliphatic heterocycles. The van der Waals surface area contributed by atoms with Crippen molar-refractivity contribution in [2.45, 2.75) is 13.8 Å². The van der Waals surface area contributed by atoms with Gasteiger partial charge in [-0.3, -0.25) is 0 Å².